The lowest BCUT2D eigenvalue weighted by Gasteiger charge is -2.07. The van der Waals surface area contributed by atoms with Crippen LogP contribution in [0.4, 0.5) is 0 Å². The van der Waals surface area contributed by atoms with E-state index in [1.54, 1.807) is 12.1 Å². The second kappa shape index (κ2) is 8.09. The quantitative estimate of drug-likeness (QED) is 0.683. The average Bonchev–Trinajstić information content (AvgIpc) is 2.27. The highest BCUT2D eigenvalue weighted by atomic mass is 16.5. The third-order valence-corrected chi connectivity index (χ3v) is 2.33. The van der Waals surface area contributed by atoms with Crippen LogP contribution in [-0.2, 0) is 11.3 Å². The molecule has 0 aromatic heterocycles. The van der Waals surface area contributed by atoms with E-state index < -0.39 is 0 Å². The van der Waals surface area contributed by atoms with Crippen LogP contribution in [0.3, 0.4) is 0 Å². The van der Waals surface area contributed by atoms with Gasteiger partial charge in [-0.3, -0.25) is 0 Å². The maximum absolute atomic E-state index is 9.29. The molecule has 0 unspecified atom stereocenters. The van der Waals surface area contributed by atoms with Gasteiger partial charge in [-0.25, -0.2) is 0 Å². The van der Waals surface area contributed by atoms with E-state index in [1.807, 2.05) is 12.1 Å². The minimum Gasteiger partial charge on any atom is -0.508 e. The molecule has 1 aromatic rings. The van der Waals surface area contributed by atoms with Crippen molar-refractivity contribution >= 4 is 0 Å². The van der Waals surface area contributed by atoms with Crippen LogP contribution >= 0.6 is 0 Å². The van der Waals surface area contributed by atoms with E-state index in [4.69, 9.17) is 4.74 Å². The van der Waals surface area contributed by atoms with Crippen LogP contribution < -0.4 is 5.32 Å². The van der Waals surface area contributed by atoms with Gasteiger partial charge in [-0.15, -0.1) is 0 Å². The predicted octanol–water partition coefficient (Wildman–Crippen LogP) is 2.54. The fourth-order valence-electron chi connectivity index (χ4n) is 1.52. The molecule has 0 aliphatic heterocycles. The minimum absolute atomic E-state index is 0.324. The monoisotopic (exact) mass is 237 g/mol. The average molecular weight is 237 g/mol. The SMILES string of the molecule is CC(C)COCCCNCc1cccc(O)c1. The summed E-state index contributed by atoms with van der Waals surface area (Å²) in [4.78, 5) is 0. The van der Waals surface area contributed by atoms with Gasteiger partial charge in [0.25, 0.3) is 0 Å². The summed E-state index contributed by atoms with van der Waals surface area (Å²) >= 11 is 0. The molecule has 0 aliphatic rings. The number of hydrogen-bond donors (Lipinski definition) is 2. The van der Waals surface area contributed by atoms with Crippen LogP contribution in [0.25, 0.3) is 0 Å². The van der Waals surface area contributed by atoms with E-state index in [9.17, 15) is 5.11 Å². The van der Waals surface area contributed by atoms with Crippen LogP contribution in [0.15, 0.2) is 24.3 Å². The Labute approximate surface area is 104 Å². The zero-order valence-electron chi connectivity index (χ0n) is 10.8. The van der Waals surface area contributed by atoms with E-state index in [2.05, 4.69) is 19.2 Å². The summed E-state index contributed by atoms with van der Waals surface area (Å²) in [7, 11) is 0. The van der Waals surface area contributed by atoms with Gasteiger partial charge in [-0.05, 0) is 36.6 Å². The third kappa shape index (κ3) is 6.97. The third-order valence-electron chi connectivity index (χ3n) is 2.33. The van der Waals surface area contributed by atoms with Gasteiger partial charge in [0.05, 0.1) is 0 Å². The smallest absolute Gasteiger partial charge is 0.115 e. The van der Waals surface area contributed by atoms with Crippen molar-refractivity contribution in [3.63, 3.8) is 0 Å². The van der Waals surface area contributed by atoms with Crippen molar-refractivity contribution in [3.8, 4) is 5.75 Å². The lowest BCUT2D eigenvalue weighted by atomic mass is 10.2. The molecule has 3 nitrogen and oxygen atoms in total. The molecule has 0 amide bonds. The molecule has 0 aliphatic carbocycles. The highest BCUT2D eigenvalue weighted by Crippen LogP contribution is 2.10. The van der Waals surface area contributed by atoms with E-state index >= 15 is 0 Å². The van der Waals surface area contributed by atoms with Gasteiger partial charge in [-0.1, -0.05) is 26.0 Å². The molecule has 96 valence electrons. The molecule has 1 rings (SSSR count). The normalized spacial score (nSPS) is 11.0. The summed E-state index contributed by atoms with van der Waals surface area (Å²) < 4.78 is 5.49. The second-order valence-electron chi connectivity index (χ2n) is 4.67. The van der Waals surface area contributed by atoms with Crippen molar-refractivity contribution < 1.29 is 9.84 Å². The van der Waals surface area contributed by atoms with Gasteiger partial charge in [0.1, 0.15) is 5.75 Å². The number of nitrogens with one attached hydrogen (secondary N) is 1. The van der Waals surface area contributed by atoms with Gasteiger partial charge < -0.3 is 15.2 Å². The van der Waals surface area contributed by atoms with Crippen LogP contribution in [0.2, 0.25) is 0 Å². The van der Waals surface area contributed by atoms with Crippen molar-refractivity contribution in [3.05, 3.63) is 29.8 Å². The molecule has 17 heavy (non-hydrogen) atoms. The van der Waals surface area contributed by atoms with E-state index in [0.717, 1.165) is 38.3 Å². The highest BCUT2D eigenvalue weighted by Gasteiger charge is 1.95. The molecule has 0 radical (unpaired) electrons. The topological polar surface area (TPSA) is 41.5 Å². The van der Waals surface area contributed by atoms with Crippen LogP contribution in [-0.4, -0.2) is 24.9 Å². The zero-order valence-corrected chi connectivity index (χ0v) is 10.8. The maximum atomic E-state index is 9.29. The second-order valence-corrected chi connectivity index (χ2v) is 4.67. The van der Waals surface area contributed by atoms with Gasteiger partial charge >= 0.3 is 0 Å². The number of aromatic hydroxyl groups is 1. The highest BCUT2D eigenvalue weighted by molar-refractivity contribution is 5.26. The van der Waals surface area contributed by atoms with Crippen molar-refractivity contribution in [1.29, 1.82) is 0 Å². The first-order valence-electron chi connectivity index (χ1n) is 6.25. The Hall–Kier alpha value is -1.06. The van der Waals surface area contributed by atoms with E-state index in [0.29, 0.717) is 11.7 Å². The Morgan fingerprint density at radius 1 is 1.35 bits per heavy atom. The summed E-state index contributed by atoms with van der Waals surface area (Å²) in [6.45, 7) is 7.68. The Bertz CT molecular complexity index is 313. The van der Waals surface area contributed by atoms with E-state index in [-0.39, 0.29) is 0 Å². The number of ether oxygens (including phenoxy) is 1. The van der Waals surface area contributed by atoms with Crippen molar-refractivity contribution in [2.75, 3.05) is 19.8 Å². The fourth-order valence-corrected chi connectivity index (χ4v) is 1.52. The molecule has 0 saturated heterocycles. The largest absolute Gasteiger partial charge is 0.508 e. The summed E-state index contributed by atoms with van der Waals surface area (Å²) in [5, 5.41) is 12.6. The number of phenolic OH excluding ortho intramolecular Hbond substituents is 1. The molecular formula is C14H23NO2. The molecule has 0 fully saturated rings. The molecule has 0 saturated carbocycles. The number of rotatable bonds is 8. The van der Waals surface area contributed by atoms with E-state index in [1.165, 1.54) is 0 Å². The van der Waals surface area contributed by atoms with Gasteiger partial charge in [-0.2, -0.15) is 0 Å². The molecule has 0 bridgehead atoms. The summed E-state index contributed by atoms with van der Waals surface area (Å²) in [6, 6.07) is 7.32. The van der Waals surface area contributed by atoms with Crippen molar-refractivity contribution in [2.24, 2.45) is 5.92 Å². The number of benzene rings is 1. The Morgan fingerprint density at radius 2 is 2.18 bits per heavy atom. The number of phenols is 1. The van der Waals surface area contributed by atoms with Crippen molar-refractivity contribution in [2.45, 2.75) is 26.8 Å². The van der Waals surface area contributed by atoms with Gasteiger partial charge in [0, 0.05) is 19.8 Å². The summed E-state index contributed by atoms with van der Waals surface area (Å²) in [5.74, 6) is 0.930. The molecule has 2 N–H and O–H groups in total. The standard InChI is InChI=1S/C14H23NO2/c1-12(2)11-17-8-4-7-15-10-13-5-3-6-14(16)9-13/h3,5-6,9,12,15-16H,4,7-8,10-11H2,1-2H3. The lowest BCUT2D eigenvalue weighted by molar-refractivity contribution is 0.108. The molecule has 0 heterocycles. The van der Waals surface area contributed by atoms with Crippen LogP contribution in [0.1, 0.15) is 25.8 Å². The van der Waals surface area contributed by atoms with Crippen LogP contribution in [0, 0.1) is 5.92 Å². The maximum Gasteiger partial charge on any atom is 0.115 e. The first kappa shape index (κ1) is 14.0. The first-order chi connectivity index (χ1) is 8.18. The molecular weight excluding hydrogens is 214 g/mol. The summed E-state index contributed by atoms with van der Waals surface area (Å²) in [5.41, 5.74) is 1.10. The summed E-state index contributed by atoms with van der Waals surface area (Å²) in [6.07, 6.45) is 1.02. The van der Waals surface area contributed by atoms with Crippen LogP contribution in [0.5, 0.6) is 5.75 Å². The minimum atomic E-state index is 0.324. The molecule has 0 atom stereocenters. The predicted molar refractivity (Wildman–Crippen MR) is 70.1 cm³/mol. The molecule has 0 spiro atoms. The van der Waals surface area contributed by atoms with Gasteiger partial charge in [0.15, 0.2) is 0 Å². The molecule has 3 heteroatoms. The number of hydrogen-bond acceptors (Lipinski definition) is 3. The fraction of sp³-hybridized carbons (Fsp3) is 0.571. The Balaban J connectivity index is 2.01. The zero-order chi connectivity index (χ0) is 12.5. The Kier molecular flexibility index (Phi) is 6.67. The van der Waals surface area contributed by atoms with Crippen molar-refractivity contribution in [1.82, 2.24) is 5.32 Å². The molecule has 1 aromatic carbocycles. The first-order valence-corrected chi connectivity index (χ1v) is 6.25. The Morgan fingerprint density at radius 3 is 2.88 bits per heavy atom. The van der Waals surface area contributed by atoms with Gasteiger partial charge in [0.2, 0.25) is 0 Å². The lowest BCUT2D eigenvalue weighted by Crippen LogP contribution is -2.16.